The molecule has 0 aromatic rings. The summed E-state index contributed by atoms with van der Waals surface area (Å²) in [5.41, 5.74) is 11.2. The minimum absolute atomic E-state index is 0.168. The van der Waals surface area contributed by atoms with Gasteiger partial charge in [0.2, 0.25) is 47.3 Å². The molecule has 0 heterocycles. The number of unbranched alkanes of at least 4 members (excludes halogenated alkanes) is 6. The van der Waals surface area contributed by atoms with Gasteiger partial charge in [-0.15, -0.1) is 0 Å². The van der Waals surface area contributed by atoms with Gasteiger partial charge in [-0.1, -0.05) is 26.0 Å². The van der Waals surface area contributed by atoms with Gasteiger partial charge in [0.15, 0.2) is 0 Å². The minimum Gasteiger partial charge on any atom is -0.481 e. The van der Waals surface area contributed by atoms with E-state index in [4.69, 9.17) is 32.2 Å². The summed E-state index contributed by atoms with van der Waals surface area (Å²) < 4.78 is 0. The summed E-state index contributed by atoms with van der Waals surface area (Å²) >= 11 is 0. The van der Waals surface area contributed by atoms with Crippen LogP contribution in [0.3, 0.4) is 0 Å². The van der Waals surface area contributed by atoms with Crippen LogP contribution >= 0.6 is 0 Å². The lowest BCUT2D eigenvalue weighted by atomic mass is 10.1. The van der Waals surface area contributed by atoms with E-state index in [0.717, 1.165) is 0 Å². The normalized spacial score (nSPS) is 12.3. The van der Waals surface area contributed by atoms with Crippen LogP contribution in [0.1, 0.15) is 135 Å². The number of rotatable bonds is 44. The van der Waals surface area contributed by atoms with Crippen LogP contribution in [0.4, 0.5) is 0 Å². The highest BCUT2D eigenvalue weighted by Crippen LogP contribution is 2.09. The van der Waals surface area contributed by atoms with Gasteiger partial charge >= 0.3 is 11.9 Å². The van der Waals surface area contributed by atoms with Crippen molar-refractivity contribution in [3.8, 4) is 0 Å². The first-order chi connectivity index (χ1) is 33.9. The largest absolute Gasteiger partial charge is 0.481 e. The van der Waals surface area contributed by atoms with Gasteiger partial charge in [-0.2, -0.15) is 0 Å². The van der Waals surface area contributed by atoms with Crippen LogP contribution in [0.5, 0.6) is 0 Å². The Bertz CT molecular complexity index is 1600. The molecule has 0 saturated carbocycles. The molecule has 0 fully saturated rings. The zero-order valence-electron chi connectivity index (χ0n) is 40.7. The van der Waals surface area contributed by atoms with E-state index in [1.807, 2.05) is 0 Å². The standard InChI is InChI=1S/C45H78N10O16/c1-30(70-68)28-38(58)52-34(18-20-40(60)61)44(66)54-32(14-7-9-22-46)42(64)50-24-11-3-5-16-36(56)48-26-13-27-49-37(57)17-6-4-12-25-51-43(65)33(15-8-10-23-47)55-45(67)35(19-21-41(62)63)53-39(59)29-31(2)71-69/h32-35,68-69H,1-29,46-47H2,(H,48,56)(H,49,57)(H,50,64)(H,51,65)(H,52,58)(H,53,59)(H,54,66)(H,55,67)(H,60,61)(H,62,63)/t32-,33-,34?,35?/m0/s1. The van der Waals surface area contributed by atoms with E-state index in [-0.39, 0.29) is 74.9 Å². The summed E-state index contributed by atoms with van der Waals surface area (Å²) in [6.45, 7) is 8.58. The highest BCUT2D eigenvalue weighted by molar-refractivity contribution is 5.93. The fourth-order valence-corrected chi connectivity index (χ4v) is 6.62. The van der Waals surface area contributed by atoms with E-state index in [1.54, 1.807) is 0 Å². The SMILES string of the molecule is C=C(CC(=O)NC(CCC(=O)O)C(=O)N[C@@H](CCCCN)C(=O)NCCCCCC(=O)NCCCNC(=O)CCCCCNC(=O)[C@H](CCCCN)NC(=O)C(CCC(=O)O)NC(=O)CC(=C)OO)OO. The van der Waals surface area contributed by atoms with Crippen molar-refractivity contribution < 1.29 is 78.4 Å². The smallest absolute Gasteiger partial charge is 0.303 e. The summed E-state index contributed by atoms with van der Waals surface area (Å²) in [6.07, 6.45) is 4.65. The topological polar surface area (TPSA) is 418 Å². The quantitative estimate of drug-likeness (QED) is 0.0161. The molecule has 71 heavy (non-hydrogen) atoms. The summed E-state index contributed by atoms with van der Waals surface area (Å²) in [6, 6.07) is -4.57. The van der Waals surface area contributed by atoms with E-state index in [0.29, 0.717) is 96.8 Å². The average Bonchev–Trinajstić information content (AvgIpc) is 3.32. The Kier molecular flexibility index (Phi) is 36.7. The molecule has 8 amide bonds. The Balaban J connectivity index is 4.60. The van der Waals surface area contributed by atoms with Gasteiger partial charge in [0.25, 0.3) is 0 Å². The van der Waals surface area contributed by atoms with Gasteiger partial charge in [-0.25, -0.2) is 10.5 Å². The molecular weight excluding hydrogens is 937 g/mol. The summed E-state index contributed by atoms with van der Waals surface area (Å²) in [5.74, 6) is -7.33. The Morgan fingerprint density at radius 2 is 0.746 bits per heavy atom. The fourth-order valence-electron chi connectivity index (χ4n) is 6.62. The Morgan fingerprint density at radius 1 is 0.394 bits per heavy atom. The number of hydrogen-bond donors (Lipinski definition) is 14. The minimum atomic E-state index is -1.29. The molecule has 0 aromatic heterocycles. The highest BCUT2D eigenvalue weighted by atomic mass is 17.1. The van der Waals surface area contributed by atoms with E-state index < -0.39 is 97.2 Å². The van der Waals surface area contributed by atoms with Crippen LogP contribution in [0, 0.1) is 0 Å². The van der Waals surface area contributed by atoms with Crippen molar-refractivity contribution in [1.82, 2.24) is 42.5 Å². The molecule has 0 radical (unpaired) electrons. The van der Waals surface area contributed by atoms with Crippen LogP contribution in [-0.4, -0.2) is 143 Å². The summed E-state index contributed by atoms with van der Waals surface area (Å²) in [7, 11) is 0. The first-order valence-corrected chi connectivity index (χ1v) is 24.0. The monoisotopic (exact) mass is 1010 g/mol. The van der Waals surface area contributed by atoms with Crippen molar-refractivity contribution in [2.24, 2.45) is 11.5 Å². The molecular formula is C45H78N10O16. The number of amides is 8. The number of nitrogens with one attached hydrogen (secondary N) is 8. The van der Waals surface area contributed by atoms with Gasteiger partial charge in [0, 0.05) is 51.9 Å². The third-order valence-electron chi connectivity index (χ3n) is 10.5. The second kappa shape index (κ2) is 40.4. The number of carboxylic acid groups (broad SMARTS) is 2. The molecule has 26 heteroatoms. The molecule has 0 saturated heterocycles. The van der Waals surface area contributed by atoms with Crippen molar-refractivity contribution in [3.05, 3.63) is 24.7 Å². The van der Waals surface area contributed by atoms with Crippen LogP contribution in [0.15, 0.2) is 24.7 Å². The molecule has 0 aliphatic carbocycles. The highest BCUT2D eigenvalue weighted by Gasteiger charge is 2.29. The molecule has 0 bridgehead atoms. The Labute approximate surface area is 413 Å². The van der Waals surface area contributed by atoms with Crippen molar-refractivity contribution in [1.29, 1.82) is 0 Å². The van der Waals surface area contributed by atoms with E-state index in [2.05, 4.69) is 65.5 Å². The lowest BCUT2D eigenvalue weighted by Crippen LogP contribution is -2.54. The molecule has 404 valence electrons. The predicted octanol–water partition coefficient (Wildman–Crippen LogP) is -0.324. The molecule has 26 nitrogen and oxygen atoms in total. The molecule has 0 aliphatic rings. The number of carboxylic acids is 2. The van der Waals surface area contributed by atoms with E-state index in [1.165, 1.54) is 0 Å². The third-order valence-corrected chi connectivity index (χ3v) is 10.5. The number of nitrogens with two attached hydrogens (primary N) is 2. The molecule has 2 unspecified atom stereocenters. The van der Waals surface area contributed by atoms with Crippen LogP contribution < -0.4 is 54.0 Å². The van der Waals surface area contributed by atoms with Crippen LogP contribution in [0.25, 0.3) is 0 Å². The van der Waals surface area contributed by atoms with Gasteiger partial charge in [-0.05, 0) is 96.6 Å². The second-order valence-corrected chi connectivity index (χ2v) is 16.7. The number of carbonyl (C=O) groups excluding carboxylic acids is 8. The second-order valence-electron chi connectivity index (χ2n) is 16.7. The fraction of sp³-hybridized carbons (Fsp3) is 0.689. The first kappa shape index (κ1) is 64.6. The Morgan fingerprint density at radius 3 is 1.08 bits per heavy atom. The zero-order chi connectivity index (χ0) is 53.4. The third kappa shape index (κ3) is 34.5. The lowest BCUT2D eigenvalue weighted by Gasteiger charge is -2.23. The molecule has 16 N–H and O–H groups in total. The maximum Gasteiger partial charge on any atom is 0.303 e. The molecule has 0 rings (SSSR count). The maximum atomic E-state index is 13.1. The van der Waals surface area contributed by atoms with Gasteiger partial charge in [-0.3, -0.25) is 47.9 Å². The van der Waals surface area contributed by atoms with Crippen molar-refractivity contribution >= 4 is 59.2 Å². The van der Waals surface area contributed by atoms with Gasteiger partial charge in [0.05, 0.1) is 12.8 Å². The van der Waals surface area contributed by atoms with Gasteiger partial charge in [0.1, 0.15) is 35.7 Å². The Hall–Kier alpha value is -6.38. The number of aliphatic carboxylic acids is 2. The molecule has 0 spiro atoms. The zero-order valence-corrected chi connectivity index (χ0v) is 40.7. The van der Waals surface area contributed by atoms with Crippen LogP contribution in [-0.2, 0) is 57.7 Å². The number of carbonyl (C=O) groups is 10. The van der Waals surface area contributed by atoms with E-state index in [9.17, 15) is 47.9 Å². The van der Waals surface area contributed by atoms with E-state index >= 15 is 0 Å². The summed E-state index contributed by atoms with van der Waals surface area (Å²) in [5, 5.41) is 56.6. The van der Waals surface area contributed by atoms with Gasteiger partial charge < -0.3 is 74.0 Å². The molecule has 0 aromatic carbocycles. The summed E-state index contributed by atoms with van der Waals surface area (Å²) in [4.78, 5) is 132. The lowest BCUT2D eigenvalue weighted by molar-refractivity contribution is -0.205. The first-order valence-electron chi connectivity index (χ1n) is 24.0. The predicted molar refractivity (Wildman–Crippen MR) is 256 cm³/mol. The maximum absolute atomic E-state index is 13.1. The van der Waals surface area contributed by atoms with Crippen molar-refractivity contribution in [3.63, 3.8) is 0 Å². The van der Waals surface area contributed by atoms with Crippen molar-refractivity contribution in [2.75, 3.05) is 39.3 Å². The number of hydrogen-bond acceptors (Lipinski definition) is 16. The average molecular weight is 1020 g/mol. The van der Waals surface area contributed by atoms with Crippen LogP contribution in [0.2, 0.25) is 0 Å². The molecule has 4 atom stereocenters. The van der Waals surface area contributed by atoms with Crippen molar-refractivity contribution in [2.45, 2.75) is 159 Å². The molecule has 0 aliphatic heterocycles.